The molecule has 0 aliphatic carbocycles. The molecular weight excluding hydrogens is 302 g/mol. The number of hydrogen-bond donors (Lipinski definition) is 1. The zero-order valence-electron chi connectivity index (χ0n) is 15.3. The molecule has 2 amide bonds. The van der Waals surface area contributed by atoms with E-state index in [0.29, 0.717) is 6.54 Å². The number of carbonyl (C=O) groups excluding carboxylic acids is 2. The van der Waals surface area contributed by atoms with Crippen molar-refractivity contribution >= 4 is 17.5 Å². The van der Waals surface area contributed by atoms with E-state index in [9.17, 15) is 9.59 Å². The van der Waals surface area contributed by atoms with Crippen LogP contribution in [-0.4, -0.2) is 54.8 Å². The lowest BCUT2D eigenvalue weighted by Crippen LogP contribution is -2.44. The van der Waals surface area contributed by atoms with Gasteiger partial charge in [-0.3, -0.25) is 14.5 Å². The largest absolute Gasteiger partial charge is 0.335 e. The third kappa shape index (κ3) is 5.34. The van der Waals surface area contributed by atoms with Gasteiger partial charge in [0, 0.05) is 12.7 Å². The summed E-state index contributed by atoms with van der Waals surface area (Å²) in [6, 6.07) is 5.95. The Bertz CT molecular complexity index is 592. The lowest BCUT2D eigenvalue weighted by atomic mass is 9.99. The number of nitrogens with zero attached hydrogens (tertiary/aromatic N) is 2. The second-order valence-electron chi connectivity index (χ2n) is 7.08. The topological polar surface area (TPSA) is 52.7 Å². The van der Waals surface area contributed by atoms with Crippen LogP contribution in [0.25, 0.3) is 0 Å². The minimum atomic E-state index is -0.160. The summed E-state index contributed by atoms with van der Waals surface area (Å²) in [7, 11) is 1.69. The average molecular weight is 331 g/mol. The van der Waals surface area contributed by atoms with E-state index in [2.05, 4.69) is 17.1 Å². The lowest BCUT2D eigenvalue weighted by Gasteiger charge is -2.30. The highest BCUT2D eigenvalue weighted by molar-refractivity contribution is 5.95. The summed E-state index contributed by atoms with van der Waals surface area (Å²) in [6.45, 7) is 8.62. The van der Waals surface area contributed by atoms with Crippen LogP contribution in [0.4, 0.5) is 5.69 Å². The fraction of sp³-hybridized carbons (Fsp3) is 0.579. The molecule has 1 heterocycles. The lowest BCUT2D eigenvalue weighted by molar-refractivity contribution is -0.134. The number of benzene rings is 1. The fourth-order valence-corrected chi connectivity index (χ4v) is 2.90. The van der Waals surface area contributed by atoms with Gasteiger partial charge in [0.05, 0.1) is 13.1 Å². The molecule has 0 saturated carbocycles. The quantitative estimate of drug-likeness (QED) is 0.901. The summed E-state index contributed by atoms with van der Waals surface area (Å²) < 4.78 is 0. The number of aryl methyl sites for hydroxylation is 2. The number of likely N-dealkylation sites (N-methyl/N-ethyl adjacent to an activating group) is 1. The van der Waals surface area contributed by atoms with E-state index in [0.717, 1.165) is 48.7 Å². The van der Waals surface area contributed by atoms with Crippen molar-refractivity contribution in [3.63, 3.8) is 0 Å². The molecule has 0 radical (unpaired) electrons. The molecule has 1 fully saturated rings. The summed E-state index contributed by atoms with van der Waals surface area (Å²) >= 11 is 0. The van der Waals surface area contributed by atoms with Gasteiger partial charge in [-0.05, 0) is 62.9 Å². The normalized spacial score (nSPS) is 16.0. The summed E-state index contributed by atoms with van der Waals surface area (Å²) in [4.78, 5) is 28.2. The molecular formula is C19H29N3O2. The van der Waals surface area contributed by atoms with E-state index in [4.69, 9.17) is 0 Å². The predicted octanol–water partition coefficient (Wildman–Crippen LogP) is 2.43. The number of hydrogen-bond acceptors (Lipinski definition) is 3. The first-order valence-electron chi connectivity index (χ1n) is 8.68. The Hall–Kier alpha value is -1.88. The van der Waals surface area contributed by atoms with Crippen molar-refractivity contribution in [1.29, 1.82) is 0 Å². The van der Waals surface area contributed by atoms with Crippen LogP contribution >= 0.6 is 0 Å². The first-order valence-corrected chi connectivity index (χ1v) is 8.68. The monoisotopic (exact) mass is 331 g/mol. The molecule has 1 N–H and O–H groups in total. The van der Waals surface area contributed by atoms with Crippen LogP contribution in [0.1, 0.15) is 30.9 Å². The van der Waals surface area contributed by atoms with Gasteiger partial charge in [0.1, 0.15) is 0 Å². The number of rotatable bonds is 5. The van der Waals surface area contributed by atoms with Crippen LogP contribution in [0.3, 0.4) is 0 Å². The first-order chi connectivity index (χ1) is 11.3. The van der Waals surface area contributed by atoms with Crippen LogP contribution in [0.2, 0.25) is 0 Å². The van der Waals surface area contributed by atoms with Gasteiger partial charge in [0.15, 0.2) is 0 Å². The van der Waals surface area contributed by atoms with Gasteiger partial charge in [-0.25, -0.2) is 0 Å². The Morgan fingerprint density at radius 3 is 2.58 bits per heavy atom. The van der Waals surface area contributed by atoms with Gasteiger partial charge in [0.2, 0.25) is 11.8 Å². The number of nitrogens with one attached hydrogen (secondary N) is 1. The zero-order chi connectivity index (χ0) is 17.7. The standard InChI is InChI=1S/C19H29N3O2/c1-14-7-9-22(10-8-14)13-19(24)21(4)12-18(23)20-17-11-15(2)5-6-16(17)3/h5-6,11,14H,7-10,12-13H2,1-4H3,(H,20,23). The van der Waals surface area contributed by atoms with E-state index in [-0.39, 0.29) is 18.4 Å². The Morgan fingerprint density at radius 1 is 1.25 bits per heavy atom. The maximum Gasteiger partial charge on any atom is 0.243 e. The van der Waals surface area contributed by atoms with Crippen molar-refractivity contribution in [1.82, 2.24) is 9.80 Å². The van der Waals surface area contributed by atoms with Crippen molar-refractivity contribution in [2.24, 2.45) is 5.92 Å². The number of carbonyl (C=O) groups is 2. The van der Waals surface area contributed by atoms with Gasteiger partial charge in [-0.1, -0.05) is 19.1 Å². The fourth-order valence-electron chi connectivity index (χ4n) is 2.90. The smallest absolute Gasteiger partial charge is 0.243 e. The third-order valence-corrected chi connectivity index (χ3v) is 4.71. The minimum Gasteiger partial charge on any atom is -0.335 e. The second kappa shape index (κ2) is 8.29. The molecule has 1 saturated heterocycles. The van der Waals surface area contributed by atoms with Gasteiger partial charge in [-0.15, -0.1) is 0 Å². The van der Waals surface area contributed by atoms with Gasteiger partial charge < -0.3 is 10.2 Å². The molecule has 0 bridgehead atoms. The van der Waals surface area contributed by atoms with Crippen molar-refractivity contribution < 1.29 is 9.59 Å². The van der Waals surface area contributed by atoms with Crippen LogP contribution in [-0.2, 0) is 9.59 Å². The predicted molar refractivity (Wildman–Crippen MR) is 97.0 cm³/mol. The van der Waals surface area contributed by atoms with E-state index in [1.165, 1.54) is 4.90 Å². The molecule has 5 nitrogen and oxygen atoms in total. The first kappa shape index (κ1) is 18.5. The molecule has 1 aliphatic heterocycles. The van der Waals surface area contributed by atoms with Gasteiger partial charge >= 0.3 is 0 Å². The number of amides is 2. The zero-order valence-corrected chi connectivity index (χ0v) is 15.3. The maximum absolute atomic E-state index is 12.3. The van der Waals surface area contributed by atoms with Crippen LogP contribution in [0, 0.1) is 19.8 Å². The molecule has 1 aromatic carbocycles. The molecule has 0 aromatic heterocycles. The summed E-state index contributed by atoms with van der Waals surface area (Å²) in [5, 5.41) is 2.90. The Kier molecular flexibility index (Phi) is 6.37. The summed E-state index contributed by atoms with van der Waals surface area (Å²) in [6.07, 6.45) is 2.29. The molecule has 1 aromatic rings. The Balaban J connectivity index is 1.82. The number of piperidine rings is 1. The van der Waals surface area contributed by atoms with Gasteiger partial charge in [-0.2, -0.15) is 0 Å². The minimum absolute atomic E-state index is 0.000618. The van der Waals surface area contributed by atoms with Gasteiger partial charge in [0.25, 0.3) is 0 Å². The van der Waals surface area contributed by atoms with Crippen molar-refractivity contribution in [3.8, 4) is 0 Å². The van der Waals surface area contributed by atoms with Crippen LogP contribution < -0.4 is 5.32 Å². The van der Waals surface area contributed by atoms with Crippen LogP contribution in [0.5, 0.6) is 0 Å². The molecule has 1 aliphatic rings. The molecule has 0 atom stereocenters. The molecule has 5 heteroatoms. The van der Waals surface area contributed by atoms with E-state index < -0.39 is 0 Å². The Labute approximate surface area is 145 Å². The summed E-state index contributed by atoms with van der Waals surface area (Å²) in [5.41, 5.74) is 2.93. The highest BCUT2D eigenvalue weighted by Gasteiger charge is 2.20. The molecule has 0 spiro atoms. The number of anilines is 1. The molecule has 24 heavy (non-hydrogen) atoms. The van der Waals surface area contributed by atoms with E-state index >= 15 is 0 Å². The molecule has 0 unspecified atom stereocenters. The SMILES string of the molecule is Cc1ccc(C)c(NC(=O)CN(C)C(=O)CN2CCC(C)CC2)c1. The molecule has 2 rings (SSSR count). The highest BCUT2D eigenvalue weighted by Crippen LogP contribution is 2.17. The van der Waals surface area contributed by atoms with Crippen molar-refractivity contribution in [2.45, 2.75) is 33.6 Å². The maximum atomic E-state index is 12.3. The third-order valence-electron chi connectivity index (χ3n) is 4.71. The van der Waals surface area contributed by atoms with Crippen LogP contribution in [0.15, 0.2) is 18.2 Å². The average Bonchev–Trinajstić information content (AvgIpc) is 2.53. The second-order valence-corrected chi connectivity index (χ2v) is 7.08. The summed E-state index contributed by atoms with van der Waals surface area (Å²) in [5.74, 6) is 0.588. The van der Waals surface area contributed by atoms with Crippen molar-refractivity contribution in [3.05, 3.63) is 29.3 Å². The van der Waals surface area contributed by atoms with E-state index in [1.807, 2.05) is 32.0 Å². The van der Waals surface area contributed by atoms with Crippen molar-refractivity contribution in [2.75, 3.05) is 38.5 Å². The number of likely N-dealkylation sites (tertiary alicyclic amines) is 1. The van der Waals surface area contributed by atoms with E-state index in [1.54, 1.807) is 7.05 Å². The highest BCUT2D eigenvalue weighted by atomic mass is 16.2. The molecule has 132 valence electrons. The Morgan fingerprint density at radius 2 is 1.92 bits per heavy atom.